The van der Waals surface area contributed by atoms with Gasteiger partial charge in [-0.1, -0.05) is 24.3 Å². The summed E-state index contributed by atoms with van der Waals surface area (Å²) < 4.78 is 0. The lowest BCUT2D eigenvalue weighted by Gasteiger charge is -1.95. The minimum Gasteiger partial charge on any atom is -0.478 e. The molecule has 1 N–H and O–H groups in total. The van der Waals surface area contributed by atoms with E-state index in [0.717, 1.165) is 11.0 Å². The summed E-state index contributed by atoms with van der Waals surface area (Å²) in [5.74, 6) is -0.204. The van der Waals surface area contributed by atoms with E-state index >= 15 is 0 Å². The van der Waals surface area contributed by atoms with Gasteiger partial charge in [-0.25, -0.2) is 4.79 Å². The summed E-state index contributed by atoms with van der Waals surface area (Å²) in [5.41, 5.74) is 0. The summed E-state index contributed by atoms with van der Waals surface area (Å²) in [6.07, 6.45) is 2.80. The zero-order valence-electron chi connectivity index (χ0n) is 7.01. The SMILES string of the molecule is O=C(O)/C=C/CSc1ccccc1. The summed E-state index contributed by atoms with van der Waals surface area (Å²) in [4.78, 5) is 11.3. The van der Waals surface area contributed by atoms with Crippen molar-refractivity contribution >= 4 is 17.7 Å². The van der Waals surface area contributed by atoms with E-state index in [9.17, 15) is 4.79 Å². The average molecular weight is 194 g/mol. The highest BCUT2D eigenvalue weighted by Gasteiger charge is 1.89. The van der Waals surface area contributed by atoms with Gasteiger partial charge in [0.15, 0.2) is 0 Å². The van der Waals surface area contributed by atoms with E-state index < -0.39 is 5.97 Å². The topological polar surface area (TPSA) is 37.3 Å². The van der Waals surface area contributed by atoms with Gasteiger partial charge in [0, 0.05) is 16.7 Å². The Kier molecular flexibility index (Phi) is 4.12. The molecule has 0 aliphatic carbocycles. The maximum Gasteiger partial charge on any atom is 0.328 e. The van der Waals surface area contributed by atoms with Crippen molar-refractivity contribution in [1.82, 2.24) is 0 Å². The van der Waals surface area contributed by atoms with Crippen molar-refractivity contribution in [1.29, 1.82) is 0 Å². The predicted octanol–water partition coefficient (Wildman–Crippen LogP) is 2.42. The molecule has 2 nitrogen and oxygen atoms in total. The molecule has 1 rings (SSSR count). The van der Waals surface area contributed by atoms with Crippen molar-refractivity contribution in [2.24, 2.45) is 0 Å². The van der Waals surface area contributed by atoms with Crippen LogP contribution in [0.3, 0.4) is 0 Å². The largest absolute Gasteiger partial charge is 0.478 e. The smallest absolute Gasteiger partial charge is 0.328 e. The van der Waals surface area contributed by atoms with E-state index in [1.165, 1.54) is 0 Å². The quantitative estimate of drug-likeness (QED) is 0.590. The van der Waals surface area contributed by atoms with Crippen molar-refractivity contribution in [3.05, 3.63) is 42.5 Å². The van der Waals surface area contributed by atoms with Gasteiger partial charge >= 0.3 is 5.97 Å². The van der Waals surface area contributed by atoms with Crippen molar-refractivity contribution in [2.75, 3.05) is 5.75 Å². The Morgan fingerprint density at radius 2 is 2.08 bits per heavy atom. The first-order chi connectivity index (χ1) is 6.29. The standard InChI is InChI=1S/C10H10O2S/c11-10(12)7-4-8-13-9-5-2-1-3-6-9/h1-7H,8H2,(H,11,12)/b7-4+. The highest BCUT2D eigenvalue weighted by atomic mass is 32.2. The summed E-state index contributed by atoms with van der Waals surface area (Å²) in [6, 6.07) is 9.88. The molecular formula is C10H10O2S. The third kappa shape index (κ3) is 4.38. The Morgan fingerprint density at radius 1 is 1.38 bits per heavy atom. The maximum atomic E-state index is 10.1. The third-order valence-corrected chi connectivity index (χ3v) is 2.31. The van der Waals surface area contributed by atoms with Crippen LogP contribution in [0, 0.1) is 0 Å². The molecule has 0 aliphatic rings. The molecule has 0 fully saturated rings. The molecule has 0 unspecified atom stereocenters. The Bertz CT molecular complexity index is 293. The number of carboxylic acid groups (broad SMARTS) is 1. The Hall–Kier alpha value is -1.22. The summed E-state index contributed by atoms with van der Waals surface area (Å²) in [7, 11) is 0. The Morgan fingerprint density at radius 3 is 2.69 bits per heavy atom. The fourth-order valence-corrected chi connectivity index (χ4v) is 1.54. The minimum atomic E-state index is -0.895. The molecule has 0 atom stereocenters. The van der Waals surface area contributed by atoms with Crippen molar-refractivity contribution < 1.29 is 9.90 Å². The zero-order valence-corrected chi connectivity index (χ0v) is 7.83. The van der Waals surface area contributed by atoms with E-state index in [1.54, 1.807) is 17.8 Å². The van der Waals surface area contributed by atoms with Crippen LogP contribution in [0.15, 0.2) is 47.4 Å². The number of benzene rings is 1. The lowest BCUT2D eigenvalue weighted by atomic mass is 10.4. The minimum absolute atomic E-state index is 0.691. The average Bonchev–Trinajstić information content (AvgIpc) is 2.14. The number of carbonyl (C=O) groups is 1. The molecule has 0 saturated carbocycles. The molecule has 0 radical (unpaired) electrons. The van der Waals surface area contributed by atoms with Gasteiger partial charge in [-0.2, -0.15) is 0 Å². The van der Waals surface area contributed by atoms with Crippen LogP contribution in [-0.2, 0) is 4.79 Å². The molecule has 13 heavy (non-hydrogen) atoms. The van der Waals surface area contributed by atoms with Crippen LogP contribution < -0.4 is 0 Å². The van der Waals surface area contributed by atoms with Crippen LogP contribution >= 0.6 is 11.8 Å². The highest BCUT2D eigenvalue weighted by molar-refractivity contribution is 7.99. The van der Waals surface area contributed by atoms with Crippen LogP contribution in [-0.4, -0.2) is 16.8 Å². The van der Waals surface area contributed by atoms with Crippen LogP contribution in [0.4, 0.5) is 0 Å². The first kappa shape index (κ1) is 9.86. The predicted molar refractivity (Wildman–Crippen MR) is 53.9 cm³/mol. The lowest BCUT2D eigenvalue weighted by Crippen LogP contribution is -1.86. The Balaban J connectivity index is 2.32. The third-order valence-electron chi connectivity index (χ3n) is 1.35. The molecule has 0 aromatic heterocycles. The van der Waals surface area contributed by atoms with Crippen LogP contribution in [0.5, 0.6) is 0 Å². The summed E-state index contributed by atoms with van der Waals surface area (Å²) in [6.45, 7) is 0. The van der Waals surface area contributed by atoms with Crippen LogP contribution in [0.2, 0.25) is 0 Å². The second kappa shape index (κ2) is 5.43. The van der Waals surface area contributed by atoms with E-state index in [4.69, 9.17) is 5.11 Å². The van der Waals surface area contributed by atoms with Crippen LogP contribution in [0.1, 0.15) is 0 Å². The van der Waals surface area contributed by atoms with E-state index in [2.05, 4.69) is 0 Å². The van der Waals surface area contributed by atoms with Gasteiger partial charge in [-0.3, -0.25) is 0 Å². The van der Waals surface area contributed by atoms with E-state index in [1.807, 2.05) is 30.3 Å². The molecule has 0 heterocycles. The number of thioether (sulfide) groups is 1. The summed E-state index contributed by atoms with van der Waals surface area (Å²) >= 11 is 1.61. The second-order valence-electron chi connectivity index (χ2n) is 2.36. The van der Waals surface area contributed by atoms with Gasteiger partial charge in [0.05, 0.1) is 0 Å². The van der Waals surface area contributed by atoms with Crippen molar-refractivity contribution in [3.63, 3.8) is 0 Å². The van der Waals surface area contributed by atoms with Crippen molar-refractivity contribution in [2.45, 2.75) is 4.90 Å². The lowest BCUT2D eigenvalue weighted by molar-refractivity contribution is -0.131. The monoisotopic (exact) mass is 194 g/mol. The number of rotatable bonds is 4. The molecule has 68 valence electrons. The maximum absolute atomic E-state index is 10.1. The van der Waals surface area contributed by atoms with E-state index in [-0.39, 0.29) is 0 Å². The second-order valence-corrected chi connectivity index (χ2v) is 3.46. The van der Waals surface area contributed by atoms with E-state index in [0.29, 0.717) is 5.75 Å². The Labute approximate surface area is 81.3 Å². The molecule has 0 spiro atoms. The fraction of sp³-hybridized carbons (Fsp3) is 0.100. The van der Waals surface area contributed by atoms with Gasteiger partial charge in [0.1, 0.15) is 0 Å². The first-order valence-electron chi connectivity index (χ1n) is 3.86. The number of aliphatic carboxylic acids is 1. The normalized spacial score (nSPS) is 10.5. The van der Waals surface area contributed by atoms with Gasteiger partial charge in [0.25, 0.3) is 0 Å². The highest BCUT2D eigenvalue weighted by Crippen LogP contribution is 2.16. The molecule has 0 bridgehead atoms. The number of carboxylic acids is 1. The summed E-state index contributed by atoms with van der Waals surface area (Å²) in [5, 5.41) is 8.31. The molecule has 0 amide bonds. The number of hydrogen-bond acceptors (Lipinski definition) is 2. The van der Waals surface area contributed by atoms with Gasteiger partial charge < -0.3 is 5.11 Å². The van der Waals surface area contributed by atoms with Gasteiger partial charge in [-0.15, -0.1) is 11.8 Å². The molecule has 0 aliphatic heterocycles. The fourth-order valence-electron chi connectivity index (χ4n) is 0.810. The first-order valence-corrected chi connectivity index (χ1v) is 4.85. The molecular weight excluding hydrogens is 184 g/mol. The van der Waals surface area contributed by atoms with Crippen LogP contribution in [0.25, 0.3) is 0 Å². The molecule has 1 aromatic carbocycles. The molecule has 0 saturated heterocycles. The van der Waals surface area contributed by atoms with Gasteiger partial charge in [-0.05, 0) is 12.1 Å². The molecule has 1 aromatic rings. The van der Waals surface area contributed by atoms with Gasteiger partial charge in [0.2, 0.25) is 0 Å². The van der Waals surface area contributed by atoms with Crippen molar-refractivity contribution in [3.8, 4) is 0 Å². The zero-order chi connectivity index (χ0) is 9.52. The number of hydrogen-bond donors (Lipinski definition) is 1. The molecule has 3 heteroatoms.